The first-order valence-corrected chi connectivity index (χ1v) is 7.29. The van der Waals surface area contributed by atoms with E-state index < -0.39 is 12.0 Å². The van der Waals surface area contributed by atoms with Crippen LogP contribution in [0, 0.1) is 0 Å². The van der Waals surface area contributed by atoms with Crippen molar-refractivity contribution in [3.05, 3.63) is 64.7 Å². The smallest absolute Gasteiger partial charge is 0.305 e. The lowest BCUT2D eigenvalue weighted by Crippen LogP contribution is -2.30. The van der Waals surface area contributed by atoms with Gasteiger partial charge in [0.2, 0.25) is 0 Å². The van der Waals surface area contributed by atoms with Gasteiger partial charge in [0.15, 0.2) is 0 Å². The molecule has 1 atom stereocenters. The Bertz CT molecular complexity index is 700. The first kappa shape index (κ1) is 16.8. The van der Waals surface area contributed by atoms with Crippen LogP contribution in [0.1, 0.15) is 28.4 Å². The van der Waals surface area contributed by atoms with Crippen molar-refractivity contribution in [3.8, 4) is 5.75 Å². The third-order valence-electron chi connectivity index (χ3n) is 3.29. The summed E-state index contributed by atoms with van der Waals surface area (Å²) in [5.74, 6) is -0.734. The molecule has 0 bridgehead atoms. The van der Waals surface area contributed by atoms with Gasteiger partial charge in [0.1, 0.15) is 5.75 Å². The predicted octanol–water partition coefficient (Wildman–Crippen LogP) is 3.29. The minimum absolute atomic E-state index is 0.234. The highest BCUT2D eigenvalue weighted by Gasteiger charge is 2.19. The molecule has 1 amide bonds. The van der Waals surface area contributed by atoms with Crippen molar-refractivity contribution >= 4 is 23.5 Å². The summed E-state index contributed by atoms with van der Waals surface area (Å²) >= 11 is 5.94. The molecular formula is C17H16ClNO4. The van der Waals surface area contributed by atoms with E-state index in [0.29, 0.717) is 21.9 Å². The molecule has 0 radical (unpaired) electrons. The van der Waals surface area contributed by atoms with Crippen LogP contribution in [-0.4, -0.2) is 24.1 Å². The Morgan fingerprint density at radius 3 is 2.48 bits per heavy atom. The molecule has 2 aromatic rings. The van der Waals surface area contributed by atoms with E-state index in [9.17, 15) is 9.59 Å². The maximum Gasteiger partial charge on any atom is 0.305 e. The van der Waals surface area contributed by atoms with Crippen LogP contribution in [-0.2, 0) is 4.79 Å². The first-order chi connectivity index (χ1) is 11.0. The Kier molecular flexibility index (Phi) is 5.60. The van der Waals surface area contributed by atoms with E-state index in [1.807, 2.05) is 0 Å². The van der Waals surface area contributed by atoms with Crippen LogP contribution >= 0.6 is 11.6 Å². The first-order valence-electron chi connectivity index (χ1n) is 6.92. The van der Waals surface area contributed by atoms with E-state index in [4.69, 9.17) is 21.4 Å². The number of nitrogens with one attached hydrogen (secondary N) is 1. The van der Waals surface area contributed by atoms with Gasteiger partial charge in [-0.3, -0.25) is 9.59 Å². The highest BCUT2D eigenvalue weighted by molar-refractivity contribution is 6.30. The summed E-state index contributed by atoms with van der Waals surface area (Å²) in [4.78, 5) is 23.4. The van der Waals surface area contributed by atoms with Gasteiger partial charge >= 0.3 is 5.97 Å². The van der Waals surface area contributed by atoms with E-state index in [-0.39, 0.29) is 12.3 Å². The number of benzene rings is 2. The summed E-state index contributed by atoms with van der Waals surface area (Å²) < 4.78 is 5.04. The topological polar surface area (TPSA) is 75.6 Å². The summed E-state index contributed by atoms with van der Waals surface area (Å²) in [6.07, 6.45) is -0.234. The molecule has 2 aromatic carbocycles. The van der Waals surface area contributed by atoms with Crippen molar-refractivity contribution in [2.24, 2.45) is 0 Å². The van der Waals surface area contributed by atoms with E-state index in [0.717, 1.165) is 0 Å². The van der Waals surface area contributed by atoms with E-state index in [1.165, 1.54) is 7.11 Å². The lowest BCUT2D eigenvalue weighted by atomic mass is 10.0. The van der Waals surface area contributed by atoms with Gasteiger partial charge in [0.25, 0.3) is 5.91 Å². The van der Waals surface area contributed by atoms with Gasteiger partial charge < -0.3 is 15.2 Å². The van der Waals surface area contributed by atoms with Gasteiger partial charge in [-0.1, -0.05) is 23.7 Å². The maximum absolute atomic E-state index is 12.3. The van der Waals surface area contributed by atoms with Crippen molar-refractivity contribution < 1.29 is 19.4 Å². The van der Waals surface area contributed by atoms with Crippen LogP contribution in [0.5, 0.6) is 5.75 Å². The fraction of sp³-hybridized carbons (Fsp3) is 0.176. The summed E-state index contributed by atoms with van der Waals surface area (Å²) in [5, 5.41) is 12.3. The molecule has 0 fully saturated rings. The highest BCUT2D eigenvalue weighted by atomic mass is 35.5. The Labute approximate surface area is 138 Å². The molecule has 2 N–H and O–H groups in total. The molecule has 0 aromatic heterocycles. The fourth-order valence-electron chi connectivity index (χ4n) is 2.13. The molecule has 0 saturated carbocycles. The number of carboxylic acid groups (broad SMARTS) is 1. The zero-order valence-electron chi connectivity index (χ0n) is 12.5. The molecule has 0 heterocycles. The molecule has 0 saturated heterocycles. The lowest BCUT2D eigenvalue weighted by Gasteiger charge is -2.18. The van der Waals surface area contributed by atoms with Gasteiger partial charge in [-0.15, -0.1) is 0 Å². The lowest BCUT2D eigenvalue weighted by molar-refractivity contribution is -0.137. The second kappa shape index (κ2) is 7.65. The summed E-state index contributed by atoms with van der Waals surface area (Å²) in [5.41, 5.74) is 1.06. The van der Waals surface area contributed by atoms with E-state index >= 15 is 0 Å². The minimum atomic E-state index is -1.01. The molecule has 0 aliphatic rings. The van der Waals surface area contributed by atoms with Crippen molar-refractivity contribution in [2.45, 2.75) is 12.5 Å². The average Bonchev–Trinajstić information content (AvgIpc) is 2.54. The number of halogens is 1. The zero-order chi connectivity index (χ0) is 16.8. The van der Waals surface area contributed by atoms with Crippen LogP contribution < -0.4 is 10.1 Å². The van der Waals surface area contributed by atoms with Crippen molar-refractivity contribution in [1.82, 2.24) is 5.32 Å². The molecule has 0 spiro atoms. The molecule has 120 valence electrons. The van der Waals surface area contributed by atoms with Crippen LogP contribution in [0.3, 0.4) is 0 Å². The number of methoxy groups -OCH3 is 1. The molecule has 6 heteroatoms. The largest absolute Gasteiger partial charge is 0.497 e. The number of rotatable bonds is 6. The maximum atomic E-state index is 12.3. The van der Waals surface area contributed by atoms with E-state index in [2.05, 4.69) is 5.32 Å². The number of ether oxygens (including phenoxy) is 1. The summed E-state index contributed by atoms with van der Waals surface area (Å²) in [6, 6.07) is 12.7. The summed E-state index contributed by atoms with van der Waals surface area (Å²) in [7, 11) is 1.54. The van der Waals surface area contributed by atoms with Crippen LogP contribution in [0.15, 0.2) is 48.5 Å². The summed E-state index contributed by atoms with van der Waals surface area (Å²) in [6.45, 7) is 0. The van der Waals surface area contributed by atoms with Crippen molar-refractivity contribution in [3.63, 3.8) is 0 Å². The number of amides is 1. The minimum Gasteiger partial charge on any atom is -0.497 e. The second-order valence-electron chi connectivity index (χ2n) is 4.91. The third-order valence-corrected chi connectivity index (χ3v) is 3.52. The number of carbonyl (C=O) groups excluding carboxylic acids is 1. The fourth-order valence-corrected chi connectivity index (χ4v) is 2.33. The standard InChI is InChI=1S/C17H16ClNO4/c1-23-14-7-5-11(6-8-14)17(22)19-15(10-16(20)21)12-3-2-4-13(18)9-12/h2-9,15H,10H2,1H3,(H,19,22)(H,20,21)/t15-/m0/s1. The van der Waals surface area contributed by atoms with Crippen LogP contribution in [0.4, 0.5) is 0 Å². The van der Waals surface area contributed by atoms with Gasteiger partial charge in [0, 0.05) is 10.6 Å². The number of aliphatic carboxylic acids is 1. The third kappa shape index (κ3) is 4.72. The Hall–Kier alpha value is -2.53. The van der Waals surface area contributed by atoms with E-state index in [1.54, 1.807) is 48.5 Å². The van der Waals surface area contributed by atoms with Crippen LogP contribution in [0.2, 0.25) is 5.02 Å². The second-order valence-corrected chi connectivity index (χ2v) is 5.34. The highest BCUT2D eigenvalue weighted by Crippen LogP contribution is 2.21. The normalized spacial score (nSPS) is 11.6. The Balaban J connectivity index is 2.19. The van der Waals surface area contributed by atoms with Crippen LogP contribution in [0.25, 0.3) is 0 Å². The molecule has 23 heavy (non-hydrogen) atoms. The van der Waals surface area contributed by atoms with Crippen molar-refractivity contribution in [2.75, 3.05) is 7.11 Å². The number of hydrogen-bond acceptors (Lipinski definition) is 3. The molecular weight excluding hydrogens is 318 g/mol. The molecule has 5 nitrogen and oxygen atoms in total. The predicted molar refractivity (Wildman–Crippen MR) is 86.9 cm³/mol. The molecule has 0 aliphatic carbocycles. The molecule has 0 unspecified atom stereocenters. The number of carbonyl (C=O) groups is 2. The monoisotopic (exact) mass is 333 g/mol. The Morgan fingerprint density at radius 2 is 1.91 bits per heavy atom. The quantitative estimate of drug-likeness (QED) is 0.850. The van der Waals surface area contributed by atoms with Gasteiger partial charge in [-0.2, -0.15) is 0 Å². The molecule has 2 rings (SSSR count). The Morgan fingerprint density at radius 1 is 1.22 bits per heavy atom. The number of hydrogen-bond donors (Lipinski definition) is 2. The van der Waals surface area contributed by atoms with Gasteiger partial charge in [-0.05, 0) is 42.0 Å². The van der Waals surface area contributed by atoms with Crippen molar-refractivity contribution in [1.29, 1.82) is 0 Å². The van der Waals surface area contributed by atoms with Gasteiger partial charge in [-0.25, -0.2) is 0 Å². The average molecular weight is 334 g/mol. The number of carboxylic acids is 1. The zero-order valence-corrected chi connectivity index (χ0v) is 13.2. The molecule has 0 aliphatic heterocycles. The SMILES string of the molecule is COc1ccc(C(=O)N[C@@H](CC(=O)O)c2cccc(Cl)c2)cc1. The van der Waals surface area contributed by atoms with Gasteiger partial charge in [0.05, 0.1) is 19.6 Å².